The van der Waals surface area contributed by atoms with Gasteiger partial charge in [0.1, 0.15) is 17.5 Å². The van der Waals surface area contributed by atoms with E-state index in [0.29, 0.717) is 15.6 Å². The molecule has 1 unspecified atom stereocenters. The zero-order valence-corrected chi connectivity index (χ0v) is 15.7. The zero-order chi connectivity index (χ0) is 18.3. The van der Waals surface area contributed by atoms with E-state index in [2.05, 4.69) is 11.1 Å². The first-order chi connectivity index (χ1) is 12.6. The van der Waals surface area contributed by atoms with Crippen LogP contribution < -0.4 is 5.73 Å². The molecule has 2 aliphatic heterocycles. The highest BCUT2D eigenvalue weighted by molar-refractivity contribution is 8.03. The number of nitrogens with two attached hydrogens (primary N) is 1. The summed E-state index contributed by atoms with van der Waals surface area (Å²) in [5, 5.41) is 13.0. The third-order valence-corrected chi connectivity index (χ3v) is 5.56. The second-order valence-electron chi connectivity index (χ2n) is 5.70. The molecule has 0 saturated heterocycles. The van der Waals surface area contributed by atoms with E-state index in [9.17, 15) is 5.26 Å². The first-order valence-corrected chi connectivity index (χ1v) is 9.43. The largest absolute Gasteiger partial charge is 0.383 e. The molecule has 0 fully saturated rings. The number of hydrogen-bond donors (Lipinski definition) is 1. The van der Waals surface area contributed by atoms with Gasteiger partial charge >= 0.3 is 0 Å². The van der Waals surface area contributed by atoms with Gasteiger partial charge in [0.2, 0.25) is 0 Å². The highest BCUT2D eigenvalue weighted by atomic mass is 35.5. The SMILES string of the molecule is N#CC1=C(c2ccc(Cl)cc2)N2C(c3ccc(Cl)cc3)=CSC2N=C1N. The fourth-order valence-corrected chi connectivity index (χ4v) is 4.20. The molecule has 0 aromatic heterocycles. The van der Waals surface area contributed by atoms with Gasteiger partial charge in [-0.15, -0.1) is 0 Å². The molecule has 0 amide bonds. The van der Waals surface area contributed by atoms with Crippen molar-refractivity contribution in [2.75, 3.05) is 0 Å². The number of amidine groups is 1. The first-order valence-electron chi connectivity index (χ1n) is 7.73. The Balaban J connectivity index is 1.87. The van der Waals surface area contributed by atoms with Crippen molar-refractivity contribution in [1.29, 1.82) is 5.26 Å². The monoisotopic (exact) mass is 398 g/mol. The Morgan fingerprint density at radius 2 is 1.58 bits per heavy atom. The molecular weight excluding hydrogens is 387 g/mol. The van der Waals surface area contributed by atoms with E-state index in [1.807, 2.05) is 46.7 Å². The van der Waals surface area contributed by atoms with Crippen LogP contribution in [0.3, 0.4) is 0 Å². The lowest BCUT2D eigenvalue weighted by Gasteiger charge is -2.33. The molecule has 0 radical (unpaired) electrons. The number of hydrogen-bond acceptors (Lipinski definition) is 5. The Bertz CT molecular complexity index is 1000. The van der Waals surface area contributed by atoms with Crippen molar-refractivity contribution in [1.82, 2.24) is 4.90 Å². The number of thioether (sulfide) groups is 1. The molecule has 2 heterocycles. The van der Waals surface area contributed by atoms with Crippen molar-refractivity contribution in [2.45, 2.75) is 5.50 Å². The van der Waals surface area contributed by atoms with E-state index < -0.39 is 0 Å². The molecule has 2 aliphatic rings. The average Bonchev–Trinajstić information content (AvgIpc) is 3.05. The lowest BCUT2D eigenvalue weighted by atomic mass is 10.0. The van der Waals surface area contributed by atoms with Crippen LogP contribution in [0.25, 0.3) is 11.4 Å². The Morgan fingerprint density at radius 1 is 1.00 bits per heavy atom. The molecule has 128 valence electrons. The van der Waals surface area contributed by atoms with Crippen LogP contribution in [0.2, 0.25) is 10.0 Å². The number of aliphatic imine (C=N–C) groups is 1. The maximum absolute atomic E-state index is 9.70. The minimum absolute atomic E-state index is 0.247. The first kappa shape index (κ1) is 17.0. The van der Waals surface area contributed by atoms with Crippen molar-refractivity contribution in [2.24, 2.45) is 10.7 Å². The van der Waals surface area contributed by atoms with Gasteiger partial charge in [0.25, 0.3) is 0 Å². The molecular formula is C19H12Cl2N4S. The predicted octanol–water partition coefficient (Wildman–Crippen LogP) is 4.93. The summed E-state index contributed by atoms with van der Waals surface area (Å²) in [6, 6.07) is 17.1. The lowest BCUT2D eigenvalue weighted by molar-refractivity contribution is 0.534. The summed E-state index contributed by atoms with van der Waals surface area (Å²) in [6.07, 6.45) is 0. The van der Waals surface area contributed by atoms with Gasteiger partial charge in [0, 0.05) is 10.0 Å². The molecule has 26 heavy (non-hydrogen) atoms. The summed E-state index contributed by atoms with van der Waals surface area (Å²) < 4.78 is 0. The van der Waals surface area contributed by atoms with Crippen LogP contribution >= 0.6 is 35.0 Å². The molecule has 0 saturated carbocycles. The van der Waals surface area contributed by atoms with Crippen LogP contribution in [-0.2, 0) is 0 Å². The normalized spacial score (nSPS) is 19.0. The second kappa shape index (κ2) is 6.73. The highest BCUT2D eigenvalue weighted by Crippen LogP contribution is 2.46. The summed E-state index contributed by atoms with van der Waals surface area (Å²) in [5.74, 6) is 0.247. The van der Waals surface area contributed by atoms with Crippen LogP contribution in [0, 0.1) is 11.3 Å². The molecule has 2 aromatic carbocycles. The third kappa shape index (κ3) is 2.86. The van der Waals surface area contributed by atoms with Gasteiger partial charge in [-0.05, 0) is 40.8 Å². The maximum Gasteiger partial charge on any atom is 0.179 e. The van der Waals surface area contributed by atoms with Gasteiger partial charge in [-0.1, -0.05) is 59.2 Å². The molecule has 0 spiro atoms. The smallest absolute Gasteiger partial charge is 0.179 e. The molecule has 7 heteroatoms. The van der Waals surface area contributed by atoms with Crippen molar-refractivity contribution in [3.05, 3.63) is 80.7 Å². The van der Waals surface area contributed by atoms with Gasteiger partial charge in [0.05, 0.1) is 11.4 Å². The van der Waals surface area contributed by atoms with Crippen LogP contribution in [0.4, 0.5) is 0 Å². The number of nitrogens with zero attached hydrogens (tertiary/aromatic N) is 3. The van der Waals surface area contributed by atoms with E-state index in [-0.39, 0.29) is 11.3 Å². The number of benzene rings is 2. The number of fused-ring (bicyclic) bond motifs is 1. The standard InChI is InChI=1S/C19H12Cl2N4S/c20-13-5-1-11(2-6-13)16-10-26-19-24-18(23)15(9-22)17(25(16)19)12-3-7-14(21)8-4-12/h1-8,10,19H,(H2,23,24). The van der Waals surface area contributed by atoms with Gasteiger partial charge in [-0.3, -0.25) is 0 Å². The minimum Gasteiger partial charge on any atom is -0.383 e. The van der Waals surface area contributed by atoms with E-state index in [0.717, 1.165) is 22.5 Å². The molecule has 0 aliphatic carbocycles. The summed E-state index contributed by atoms with van der Waals surface area (Å²) >= 11 is 13.6. The molecule has 2 aromatic rings. The Morgan fingerprint density at radius 3 is 2.15 bits per heavy atom. The van der Waals surface area contributed by atoms with Gasteiger partial charge in [-0.2, -0.15) is 5.26 Å². The second-order valence-corrected chi connectivity index (χ2v) is 7.50. The van der Waals surface area contributed by atoms with Crippen molar-refractivity contribution in [3.63, 3.8) is 0 Å². The molecule has 0 bridgehead atoms. The zero-order valence-electron chi connectivity index (χ0n) is 13.4. The summed E-state index contributed by atoms with van der Waals surface area (Å²) in [5.41, 5.74) is 9.70. The Labute approximate surface area is 165 Å². The van der Waals surface area contributed by atoms with Gasteiger partial charge in [-0.25, -0.2) is 4.99 Å². The predicted molar refractivity (Wildman–Crippen MR) is 108 cm³/mol. The van der Waals surface area contributed by atoms with Crippen molar-refractivity contribution >= 4 is 52.2 Å². The number of halogens is 2. The van der Waals surface area contributed by atoms with E-state index >= 15 is 0 Å². The van der Waals surface area contributed by atoms with Crippen LogP contribution in [0.5, 0.6) is 0 Å². The summed E-state index contributed by atoms with van der Waals surface area (Å²) in [4.78, 5) is 6.52. The van der Waals surface area contributed by atoms with Gasteiger partial charge in [0.15, 0.2) is 5.50 Å². The molecule has 1 atom stereocenters. The Kier molecular flexibility index (Phi) is 4.41. The van der Waals surface area contributed by atoms with Crippen molar-refractivity contribution in [3.8, 4) is 6.07 Å². The fraction of sp³-hybridized carbons (Fsp3) is 0.0526. The van der Waals surface area contributed by atoms with Crippen molar-refractivity contribution < 1.29 is 0 Å². The topological polar surface area (TPSA) is 65.4 Å². The van der Waals surface area contributed by atoms with E-state index in [1.54, 1.807) is 23.9 Å². The van der Waals surface area contributed by atoms with Crippen LogP contribution in [0.1, 0.15) is 11.1 Å². The average molecular weight is 399 g/mol. The Hall–Kier alpha value is -2.39. The van der Waals surface area contributed by atoms with Gasteiger partial charge < -0.3 is 10.6 Å². The lowest BCUT2D eigenvalue weighted by Crippen LogP contribution is -2.35. The number of rotatable bonds is 2. The third-order valence-electron chi connectivity index (χ3n) is 4.13. The van der Waals surface area contributed by atoms with E-state index in [4.69, 9.17) is 28.9 Å². The summed E-state index contributed by atoms with van der Waals surface area (Å²) in [6.45, 7) is 0. The quantitative estimate of drug-likeness (QED) is 0.778. The highest BCUT2D eigenvalue weighted by Gasteiger charge is 2.36. The fourth-order valence-electron chi connectivity index (χ4n) is 2.94. The molecule has 4 rings (SSSR count). The van der Waals surface area contributed by atoms with Crippen LogP contribution in [0.15, 0.2) is 64.5 Å². The molecule has 4 nitrogen and oxygen atoms in total. The van der Waals surface area contributed by atoms with E-state index in [1.165, 1.54) is 0 Å². The maximum atomic E-state index is 9.70. The minimum atomic E-state index is -0.247. The van der Waals surface area contributed by atoms with Crippen LogP contribution in [-0.4, -0.2) is 16.2 Å². The molecule has 2 N–H and O–H groups in total. The number of nitriles is 1. The summed E-state index contributed by atoms with van der Waals surface area (Å²) in [7, 11) is 0.